The Labute approximate surface area is 350 Å². The summed E-state index contributed by atoms with van der Waals surface area (Å²) >= 11 is 0. The van der Waals surface area contributed by atoms with Crippen LogP contribution in [-0.4, -0.2) is 37.0 Å². The standard InChI is InChI=1S/C51H86O6/c1-6-8-10-12-14-16-18-20-22-24-26-28-30-32-34-36-48(52)56-44-47(43-55-42-45-38-40-46(41-39-45)50(54)51(3,4)5)57-49(53)37-35-33-31-29-27-25-23-21-19-17-15-13-11-9-7-2/h20-23,38-41,47H,6-19,24-37,42-44H2,1-5H3/b22-20-,23-21-. The molecule has 0 amide bonds. The minimum Gasteiger partial charge on any atom is -0.462 e. The zero-order valence-electron chi connectivity index (χ0n) is 37.6. The SMILES string of the molecule is CCCCCCCC/C=C\CCCCCCCC(=O)OCC(COCc1ccc(C(=O)C(C)(C)C)cc1)OC(=O)CCCCCCC/C=C\CCCCCCCC. The quantitative estimate of drug-likeness (QED) is 0.0287. The molecule has 0 aromatic heterocycles. The van der Waals surface area contributed by atoms with Crippen LogP contribution in [-0.2, 0) is 30.4 Å². The van der Waals surface area contributed by atoms with Crippen molar-refractivity contribution in [3.63, 3.8) is 0 Å². The predicted octanol–water partition coefficient (Wildman–Crippen LogP) is 15.0. The van der Waals surface area contributed by atoms with Gasteiger partial charge in [-0.3, -0.25) is 14.4 Å². The van der Waals surface area contributed by atoms with Crippen LogP contribution in [0.4, 0.5) is 0 Å². The van der Waals surface area contributed by atoms with Gasteiger partial charge in [0.2, 0.25) is 0 Å². The number of hydrogen-bond donors (Lipinski definition) is 0. The summed E-state index contributed by atoms with van der Waals surface area (Å²) in [4.78, 5) is 38.0. The lowest BCUT2D eigenvalue weighted by atomic mass is 9.86. The summed E-state index contributed by atoms with van der Waals surface area (Å²) in [7, 11) is 0. The number of ketones is 1. The summed E-state index contributed by atoms with van der Waals surface area (Å²) in [5.41, 5.74) is 1.15. The highest BCUT2D eigenvalue weighted by Crippen LogP contribution is 2.21. The van der Waals surface area contributed by atoms with Gasteiger partial charge in [0.15, 0.2) is 11.9 Å². The summed E-state index contributed by atoms with van der Waals surface area (Å²) in [6, 6.07) is 7.44. The summed E-state index contributed by atoms with van der Waals surface area (Å²) in [5.74, 6) is -0.443. The van der Waals surface area contributed by atoms with E-state index in [9.17, 15) is 14.4 Å². The largest absolute Gasteiger partial charge is 0.462 e. The molecule has 0 fully saturated rings. The van der Waals surface area contributed by atoms with Gasteiger partial charge in [-0.2, -0.15) is 0 Å². The maximum atomic E-state index is 12.8. The minimum absolute atomic E-state index is 0.0129. The van der Waals surface area contributed by atoms with Crippen molar-refractivity contribution in [3.8, 4) is 0 Å². The highest BCUT2D eigenvalue weighted by molar-refractivity contribution is 5.99. The Balaban J connectivity index is 2.37. The zero-order valence-corrected chi connectivity index (χ0v) is 37.6. The van der Waals surface area contributed by atoms with Gasteiger partial charge in [-0.1, -0.05) is 186 Å². The Hall–Kier alpha value is -2.73. The Bertz CT molecular complexity index is 1180. The van der Waals surface area contributed by atoms with E-state index in [1.807, 2.05) is 45.0 Å². The molecule has 0 spiro atoms. The average Bonchev–Trinajstić information content (AvgIpc) is 3.19. The van der Waals surface area contributed by atoms with E-state index in [4.69, 9.17) is 14.2 Å². The molecule has 1 aromatic carbocycles. The van der Waals surface area contributed by atoms with Gasteiger partial charge in [0.25, 0.3) is 0 Å². The Kier molecular flexibility index (Phi) is 33.4. The molecule has 0 aliphatic carbocycles. The Morgan fingerprint density at radius 1 is 0.526 bits per heavy atom. The Morgan fingerprint density at radius 2 is 0.930 bits per heavy atom. The Morgan fingerprint density at radius 3 is 1.37 bits per heavy atom. The molecule has 57 heavy (non-hydrogen) atoms. The van der Waals surface area contributed by atoms with Crippen LogP contribution in [0.3, 0.4) is 0 Å². The second-order valence-electron chi connectivity index (χ2n) is 17.3. The van der Waals surface area contributed by atoms with Crippen molar-refractivity contribution in [2.45, 2.75) is 227 Å². The molecule has 0 bridgehead atoms. The van der Waals surface area contributed by atoms with Crippen molar-refractivity contribution < 1.29 is 28.6 Å². The first-order valence-corrected chi connectivity index (χ1v) is 23.5. The van der Waals surface area contributed by atoms with Crippen molar-refractivity contribution in [2.24, 2.45) is 5.41 Å². The van der Waals surface area contributed by atoms with E-state index in [2.05, 4.69) is 38.2 Å². The van der Waals surface area contributed by atoms with Gasteiger partial charge in [0.1, 0.15) is 6.61 Å². The van der Waals surface area contributed by atoms with Crippen LogP contribution >= 0.6 is 0 Å². The van der Waals surface area contributed by atoms with Crippen molar-refractivity contribution in [3.05, 3.63) is 59.7 Å². The smallest absolute Gasteiger partial charge is 0.306 e. The molecule has 1 rings (SSSR count). The number of Topliss-reactive ketones (excluding diaryl/α,β-unsaturated/α-hetero) is 1. The van der Waals surface area contributed by atoms with E-state index in [-0.39, 0.29) is 30.9 Å². The molecular formula is C51H86O6. The van der Waals surface area contributed by atoms with Crippen LogP contribution in [0, 0.1) is 5.41 Å². The predicted molar refractivity (Wildman–Crippen MR) is 240 cm³/mol. The van der Waals surface area contributed by atoms with Crippen LogP contribution < -0.4 is 0 Å². The maximum absolute atomic E-state index is 12.8. The topological polar surface area (TPSA) is 78.9 Å². The first-order chi connectivity index (χ1) is 27.7. The maximum Gasteiger partial charge on any atom is 0.306 e. The fourth-order valence-electron chi connectivity index (χ4n) is 6.79. The molecule has 0 aliphatic rings. The van der Waals surface area contributed by atoms with Crippen LogP contribution in [0.25, 0.3) is 0 Å². The van der Waals surface area contributed by atoms with E-state index < -0.39 is 11.5 Å². The lowest BCUT2D eigenvalue weighted by molar-refractivity contribution is -0.163. The van der Waals surface area contributed by atoms with E-state index in [1.165, 1.54) is 116 Å². The third-order valence-electron chi connectivity index (χ3n) is 10.5. The van der Waals surface area contributed by atoms with Crippen molar-refractivity contribution in [2.75, 3.05) is 13.2 Å². The van der Waals surface area contributed by atoms with Gasteiger partial charge in [0, 0.05) is 23.8 Å². The number of carbonyl (C=O) groups excluding carboxylic acids is 3. The zero-order chi connectivity index (χ0) is 41.7. The van der Waals surface area contributed by atoms with E-state index in [0.717, 1.165) is 56.9 Å². The summed E-state index contributed by atoms with van der Waals surface area (Å²) in [5, 5.41) is 0. The van der Waals surface area contributed by atoms with Gasteiger partial charge in [0.05, 0.1) is 13.2 Å². The summed E-state index contributed by atoms with van der Waals surface area (Å²) < 4.78 is 17.3. The van der Waals surface area contributed by atoms with Crippen LogP contribution in [0.5, 0.6) is 0 Å². The summed E-state index contributed by atoms with van der Waals surface area (Å²) in [6.45, 7) is 10.7. The number of unbranched alkanes of at least 4 members (excludes halogenated alkanes) is 22. The van der Waals surface area contributed by atoms with E-state index in [0.29, 0.717) is 25.0 Å². The fraction of sp³-hybridized carbons (Fsp3) is 0.745. The van der Waals surface area contributed by atoms with E-state index in [1.54, 1.807) is 0 Å². The third kappa shape index (κ3) is 31.9. The number of ether oxygens (including phenoxy) is 3. The number of carbonyl (C=O) groups is 3. The molecule has 1 atom stereocenters. The molecule has 1 unspecified atom stereocenters. The van der Waals surface area contributed by atoms with Crippen molar-refractivity contribution >= 4 is 17.7 Å². The molecule has 0 radical (unpaired) electrons. The van der Waals surface area contributed by atoms with Gasteiger partial charge < -0.3 is 14.2 Å². The second kappa shape index (κ2) is 36.4. The number of hydrogen-bond acceptors (Lipinski definition) is 6. The number of esters is 2. The second-order valence-corrected chi connectivity index (χ2v) is 17.3. The molecule has 6 nitrogen and oxygen atoms in total. The van der Waals surface area contributed by atoms with E-state index >= 15 is 0 Å². The van der Waals surface area contributed by atoms with Gasteiger partial charge in [-0.25, -0.2) is 0 Å². The molecule has 1 aromatic rings. The number of benzene rings is 1. The van der Waals surface area contributed by atoms with Gasteiger partial charge in [-0.15, -0.1) is 0 Å². The molecule has 326 valence electrons. The summed E-state index contributed by atoms with van der Waals surface area (Å²) in [6.07, 6.45) is 40.8. The fourth-order valence-corrected chi connectivity index (χ4v) is 6.79. The molecule has 0 N–H and O–H groups in total. The van der Waals surface area contributed by atoms with Gasteiger partial charge >= 0.3 is 11.9 Å². The molecule has 6 heteroatoms. The van der Waals surface area contributed by atoms with Crippen molar-refractivity contribution in [1.82, 2.24) is 0 Å². The van der Waals surface area contributed by atoms with Crippen molar-refractivity contribution in [1.29, 1.82) is 0 Å². The normalized spacial score (nSPS) is 12.4. The van der Waals surface area contributed by atoms with Crippen LogP contribution in [0.15, 0.2) is 48.6 Å². The highest BCUT2D eigenvalue weighted by Gasteiger charge is 2.23. The number of allylic oxidation sites excluding steroid dienone is 4. The molecule has 0 heterocycles. The van der Waals surface area contributed by atoms with Crippen LogP contribution in [0.1, 0.15) is 230 Å². The molecule has 0 saturated heterocycles. The lowest BCUT2D eigenvalue weighted by Gasteiger charge is -2.19. The third-order valence-corrected chi connectivity index (χ3v) is 10.5. The molecular weight excluding hydrogens is 709 g/mol. The van der Waals surface area contributed by atoms with Gasteiger partial charge in [-0.05, 0) is 69.8 Å². The average molecular weight is 795 g/mol. The first-order valence-electron chi connectivity index (χ1n) is 23.5. The van der Waals surface area contributed by atoms with Crippen LogP contribution in [0.2, 0.25) is 0 Å². The monoisotopic (exact) mass is 795 g/mol. The molecule has 0 aliphatic heterocycles. The number of rotatable bonds is 38. The highest BCUT2D eigenvalue weighted by atomic mass is 16.6. The lowest BCUT2D eigenvalue weighted by Crippen LogP contribution is -2.29. The first kappa shape index (κ1) is 52.3. The minimum atomic E-state index is -0.666. The molecule has 0 saturated carbocycles.